The van der Waals surface area contributed by atoms with Gasteiger partial charge in [0, 0.05) is 18.6 Å². The molecule has 1 aromatic heterocycles. The SMILES string of the molecule is C(=C/n1cccc1)/c1ccccc1. The monoisotopic (exact) mass is 169 g/mol. The Balaban J connectivity index is 2.15. The molecule has 1 nitrogen and oxygen atoms in total. The van der Waals surface area contributed by atoms with Gasteiger partial charge in [-0.2, -0.15) is 0 Å². The maximum absolute atomic E-state index is 2.08. The summed E-state index contributed by atoms with van der Waals surface area (Å²) in [6, 6.07) is 14.3. The highest BCUT2D eigenvalue weighted by atomic mass is 14.9. The van der Waals surface area contributed by atoms with Crippen molar-refractivity contribution in [3.05, 3.63) is 60.4 Å². The van der Waals surface area contributed by atoms with Crippen LogP contribution in [0.4, 0.5) is 0 Å². The number of hydrogen-bond acceptors (Lipinski definition) is 0. The summed E-state index contributed by atoms with van der Waals surface area (Å²) in [4.78, 5) is 0. The second-order valence-electron chi connectivity index (χ2n) is 2.86. The molecule has 0 atom stereocenters. The highest BCUT2D eigenvalue weighted by Gasteiger charge is 1.82. The first-order chi connectivity index (χ1) is 6.45. The van der Waals surface area contributed by atoms with Crippen molar-refractivity contribution < 1.29 is 0 Å². The fourth-order valence-corrected chi connectivity index (χ4v) is 1.18. The third-order valence-electron chi connectivity index (χ3n) is 1.87. The molecule has 0 spiro atoms. The maximum atomic E-state index is 2.08. The third-order valence-corrected chi connectivity index (χ3v) is 1.87. The zero-order chi connectivity index (χ0) is 8.93. The van der Waals surface area contributed by atoms with E-state index in [9.17, 15) is 0 Å². The molecule has 0 aliphatic carbocycles. The Morgan fingerprint density at radius 2 is 1.54 bits per heavy atom. The van der Waals surface area contributed by atoms with E-state index in [1.54, 1.807) is 0 Å². The maximum Gasteiger partial charge on any atom is 0.00879 e. The average Bonchev–Trinajstić information content (AvgIpc) is 2.69. The van der Waals surface area contributed by atoms with E-state index in [-0.39, 0.29) is 0 Å². The van der Waals surface area contributed by atoms with Gasteiger partial charge in [-0.05, 0) is 23.8 Å². The van der Waals surface area contributed by atoms with Gasteiger partial charge in [-0.3, -0.25) is 0 Å². The molecule has 0 N–H and O–H groups in total. The van der Waals surface area contributed by atoms with Gasteiger partial charge in [0.25, 0.3) is 0 Å². The van der Waals surface area contributed by atoms with Gasteiger partial charge in [0.2, 0.25) is 0 Å². The van der Waals surface area contributed by atoms with E-state index in [1.165, 1.54) is 5.56 Å². The molecule has 0 saturated carbocycles. The molecule has 0 saturated heterocycles. The Hall–Kier alpha value is -1.76. The van der Waals surface area contributed by atoms with Gasteiger partial charge in [-0.25, -0.2) is 0 Å². The first kappa shape index (κ1) is 7.87. The fraction of sp³-hybridized carbons (Fsp3) is 0. The molecule has 0 bridgehead atoms. The van der Waals surface area contributed by atoms with Gasteiger partial charge in [-0.15, -0.1) is 0 Å². The largest absolute Gasteiger partial charge is 0.331 e. The van der Waals surface area contributed by atoms with Gasteiger partial charge < -0.3 is 4.57 Å². The Morgan fingerprint density at radius 1 is 0.846 bits per heavy atom. The lowest BCUT2D eigenvalue weighted by Gasteiger charge is -1.92. The summed E-state index contributed by atoms with van der Waals surface area (Å²) in [5.41, 5.74) is 1.22. The molecule has 2 aromatic rings. The zero-order valence-electron chi connectivity index (χ0n) is 7.30. The smallest absolute Gasteiger partial charge is 0.00879 e. The van der Waals surface area contributed by atoms with Crippen molar-refractivity contribution in [2.24, 2.45) is 0 Å². The second-order valence-corrected chi connectivity index (χ2v) is 2.86. The third kappa shape index (κ3) is 2.09. The molecule has 13 heavy (non-hydrogen) atoms. The minimum absolute atomic E-state index is 1.22. The first-order valence-corrected chi connectivity index (χ1v) is 4.31. The molecular formula is C12H11N. The van der Waals surface area contributed by atoms with Crippen LogP contribution in [0.5, 0.6) is 0 Å². The van der Waals surface area contributed by atoms with Crippen molar-refractivity contribution >= 4 is 12.3 Å². The van der Waals surface area contributed by atoms with Crippen LogP contribution in [-0.4, -0.2) is 4.57 Å². The average molecular weight is 169 g/mol. The summed E-state index contributed by atoms with van der Waals surface area (Å²) >= 11 is 0. The summed E-state index contributed by atoms with van der Waals surface area (Å²) in [5, 5.41) is 0. The van der Waals surface area contributed by atoms with Crippen LogP contribution >= 0.6 is 0 Å². The van der Waals surface area contributed by atoms with Crippen LogP contribution in [0.25, 0.3) is 12.3 Å². The van der Waals surface area contributed by atoms with E-state index in [1.807, 2.05) is 53.5 Å². The summed E-state index contributed by atoms with van der Waals surface area (Å²) in [7, 11) is 0. The molecule has 0 aliphatic rings. The molecule has 0 amide bonds. The molecule has 0 radical (unpaired) electrons. The lowest BCUT2D eigenvalue weighted by atomic mass is 10.2. The zero-order valence-corrected chi connectivity index (χ0v) is 7.30. The highest BCUT2D eigenvalue weighted by Crippen LogP contribution is 2.02. The van der Waals surface area contributed by atoms with E-state index >= 15 is 0 Å². The van der Waals surface area contributed by atoms with Crippen molar-refractivity contribution in [3.63, 3.8) is 0 Å². The number of nitrogens with zero attached hydrogens (tertiary/aromatic N) is 1. The fourth-order valence-electron chi connectivity index (χ4n) is 1.18. The molecule has 0 fully saturated rings. The normalized spacial score (nSPS) is 10.8. The second kappa shape index (κ2) is 3.76. The van der Waals surface area contributed by atoms with E-state index in [0.717, 1.165) is 0 Å². The molecule has 1 aromatic carbocycles. The van der Waals surface area contributed by atoms with Crippen molar-refractivity contribution in [1.82, 2.24) is 4.57 Å². The molecular weight excluding hydrogens is 158 g/mol. The summed E-state index contributed by atoms with van der Waals surface area (Å²) in [6.07, 6.45) is 8.15. The molecule has 0 aliphatic heterocycles. The summed E-state index contributed by atoms with van der Waals surface area (Å²) in [5.74, 6) is 0. The lowest BCUT2D eigenvalue weighted by molar-refractivity contribution is 1.18. The number of rotatable bonds is 2. The topological polar surface area (TPSA) is 4.93 Å². The molecule has 1 heteroatoms. The van der Waals surface area contributed by atoms with E-state index in [2.05, 4.69) is 18.2 Å². The summed E-state index contributed by atoms with van der Waals surface area (Å²) < 4.78 is 2.02. The van der Waals surface area contributed by atoms with Gasteiger partial charge in [0.1, 0.15) is 0 Å². The van der Waals surface area contributed by atoms with Gasteiger partial charge in [-0.1, -0.05) is 30.3 Å². The van der Waals surface area contributed by atoms with Crippen LogP contribution in [0.2, 0.25) is 0 Å². The van der Waals surface area contributed by atoms with Crippen molar-refractivity contribution in [2.45, 2.75) is 0 Å². The Bertz CT molecular complexity index is 371. The number of hydrogen-bond donors (Lipinski definition) is 0. The summed E-state index contributed by atoms with van der Waals surface area (Å²) in [6.45, 7) is 0. The van der Waals surface area contributed by atoms with Gasteiger partial charge in [0.15, 0.2) is 0 Å². The Morgan fingerprint density at radius 3 is 2.23 bits per heavy atom. The van der Waals surface area contributed by atoms with Crippen LogP contribution < -0.4 is 0 Å². The molecule has 0 unspecified atom stereocenters. The van der Waals surface area contributed by atoms with Gasteiger partial charge in [0.05, 0.1) is 0 Å². The lowest BCUT2D eigenvalue weighted by Crippen LogP contribution is -1.77. The van der Waals surface area contributed by atoms with Crippen LogP contribution in [0, 0.1) is 0 Å². The van der Waals surface area contributed by atoms with Crippen LogP contribution in [0.3, 0.4) is 0 Å². The van der Waals surface area contributed by atoms with E-state index < -0.39 is 0 Å². The van der Waals surface area contributed by atoms with Crippen LogP contribution in [-0.2, 0) is 0 Å². The van der Waals surface area contributed by atoms with Crippen molar-refractivity contribution in [3.8, 4) is 0 Å². The van der Waals surface area contributed by atoms with E-state index in [0.29, 0.717) is 0 Å². The molecule has 64 valence electrons. The number of benzene rings is 1. The first-order valence-electron chi connectivity index (χ1n) is 4.31. The number of aromatic nitrogens is 1. The molecule has 1 heterocycles. The minimum Gasteiger partial charge on any atom is -0.331 e. The standard InChI is InChI=1S/C12H11N/c1-2-6-12(7-3-1)8-11-13-9-4-5-10-13/h1-11H/b11-8-. The minimum atomic E-state index is 1.22. The van der Waals surface area contributed by atoms with Crippen LogP contribution in [0.15, 0.2) is 54.9 Å². The Kier molecular flexibility index (Phi) is 2.28. The van der Waals surface area contributed by atoms with Crippen molar-refractivity contribution in [1.29, 1.82) is 0 Å². The highest BCUT2D eigenvalue weighted by molar-refractivity contribution is 5.60. The quantitative estimate of drug-likeness (QED) is 0.651. The predicted molar refractivity (Wildman–Crippen MR) is 56.1 cm³/mol. The van der Waals surface area contributed by atoms with Crippen molar-refractivity contribution in [2.75, 3.05) is 0 Å². The predicted octanol–water partition coefficient (Wildman–Crippen LogP) is 3.12. The van der Waals surface area contributed by atoms with Gasteiger partial charge >= 0.3 is 0 Å². The Labute approximate surface area is 77.9 Å². The van der Waals surface area contributed by atoms with Crippen LogP contribution in [0.1, 0.15) is 5.56 Å². The van der Waals surface area contributed by atoms with E-state index in [4.69, 9.17) is 0 Å². The molecule has 2 rings (SSSR count).